The van der Waals surface area contributed by atoms with Gasteiger partial charge in [0.15, 0.2) is 0 Å². The molecule has 25 heavy (non-hydrogen) atoms. The minimum Gasteiger partial charge on any atom is -0.462 e. The lowest BCUT2D eigenvalue weighted by atomic mass is 10.1. The predicted molar refractivity (Wildman–Crippen MR) is 95.7 cm³/mol. The second-order valence-electron chi connectivity index (χ2n) is 5.33. The fourth-order valence-electron chi connectivity index (χ4n) is 2.36. The number of esters is 1. The van der Waals surface area contributed by atoms with Crippen LogP contribution in [0, 0.1) is 6.92 Å². The van der Waals surface area contributed by atoms with E-state index in [2.05, 4.69) is 20.3 Å². The van der Waals surface area contributed by atoms with E-state index in [-0.39, 0.29) is 5.97 Å². The summed E-state index contributed by atoms with van der Waals surface area (Å²) in [5, 5.41) is 3.12. The lowest BCUT2D eigenvalue weighted by Crippen LogP contribution is -2.06. The summed E-state index contributed by atoms with van der Waals surface area (Å²) < 4.78 is 5.01. The third kappa shape index (κ3) is 4.17. The lowest BCUT2D eigenvalue weighted by Gasteiger charge is -2.09. The number of aryl methyl sites for hydroxylation is 1. The van der Waals surface area contributed by atoms with Gasteiger partial charge >= 0.3 is 5.97 Å². The molecule has 0 radical (unpaired) electrons. The molecule has 3 rings (SSSR count). The zero-order valence-corrected chi connectivity index (χ0v) is 14.1. The Labute approximate surface area is 145 Å². The van der Waals surface area contributed by atoms with Gasteiger partial charge in [-0.1, -0.05) is 30.3 Å². The number of rotatable bonds is 5. The van der Waals surface area contributed by atoms with Gasteiger partial charge in [0, 0.05) is 17.8 Å². The molecule has 0 bridgehead atoms. The number of pyridine rings is 1. The van der Waals surface area contributed by atoms with Crippen molar-refractivity contribution < 1.29 is 9.53 Å². The maximum absolute atomic E-state index is 11.8. The molecule has 0 amide bonds. The Morgan fingerprint density at radius 1 is 1.08 bits per heavy atom. The van der Waals surface area contributed by atoms with Crippen LogP contribution < -0.4 is 5.32 Å². The number of benzene rings is 1. The van der Waals surface area contributed by atoms with Crippen LogP contribution in [0.3, 0.4) is 0 Å². The summed E-state index contributed by atoms with van der Waals surface area (Å²) in [6.07, 6.45) is 1.56. The molecule has 0 aliphatic heterocycles. The molecule has 0 atom stereocenters. The first-order valence-corrected chi connectivity index (χ1v) is 7.97. The normalized spacial score (nSPS) is 10.3. The van der Waals surface area contributed by atoms with E-state index >= 15 is 0 Å². The first kappa shape index (κ1) is 16.6. The summed E-state index contributed by atoms with van der Waals surface area (Å²) >= 11 is 0. The molecule has 0 aliphatic carbocycles. The quantitative estimate of drug-likeness (QED) is 0.716. The van der Waals surface area contributed by atoms with Crippen LogP contribution in [-0.4, -0.2) is 27.5 Å². The highest BCUT2D eigenvalue weighted by atomic mass is 16.5. The highest BCUT2D eigenvalue weighted by molar-refractivity contribution is 5.90. The van der Waals surface area contributed by atoms with Crippen molar-refractivity contribution in [3.8, 4) is 11.3 Å². The summed E-state index contributed by atoms with van der Waals surface area (Å²) in [6, 6.07) is 15.0. The number of carbonyl (C=O) groups is 1. The van der Waals surface area contributed by atoms with Crippen LogP contribution in [0.1, 0.15) is 23.1 Å². The zero-order valence-electron chi connectivity index (χ0n) is 14.1. The monoisotopic (exact) mass is 334 g/mol. The number of hydrogen-bond donors (Lipinski definition) is 1. The van der Waals surface area contributed by atoms with E-state index in [4.69, 9.17) is 4.74 Å². The van der Waals surface area contributed by atoms with Gasteiger partial charge in [-0.15, -0.1) is 0 Å². The molecule has 1 aromatic carbocycles. The highest BCUT2D eigenvalue weighted by Gasteiger charge is 2.09. The van der Waals surface area contributed by atoms with Crippen LogP contribution in [0.4, 0.5) is 11.6 Å². The first-order valence-electron chi connectivity index (χ1n) is 7.97. The molecule has 6 heteroatoms. The third-order valence-electron chi connectivity index (χ3n) is 3.43. The lowest BCUT2D eigenvalue weighted by molar-refractivity contribution is 0.0526. The maximum Gasteiger partial charge on any atom is 0.338 e. The number of nitrogens with zero attached hydrogens (tertiary/aromatic N) is 3. The van der Waals surface area contributed by atoms with Crippen molar-refractivity contribution >= 4 is 17.6 Å². The molecule has 0 saturated heterocycles. The van der Waals surface area contributed by atoms with Crippen molar-refractivity contribution in [2.45, 2.75) is 13.8 Å². The van der Waals surface area contributed by atoms with Crippen LogP contribution in [0.2, 0.25) is 0 Å². The Balaban J connectivity index is 1.87. The van der Waals surface area contributed by atoms with Gasteiger partial charge in [-0.25, -0.2) is 19.7 Å². The van der Waals surface area contributed by atoms with Crippen LogP contribution in [0.15, 0.2) is 54.7 Å². The number of ether oxygens (including phenoxy) is 1. The van der Waals surface area contributed by atoms with Gasteiger partial charge in [0.1, 0.15) is 17.5 Å². The van der Waals surface area contributed by atoms with E-state index < -0.39 is 0 Å². The molecule has 2 heterocycles. The number of anilines is 2. The predicted octanol–water partition coefficient (Wildman–Crippen LogP) is 3.77. The van der Waals surface area contributed by atoms with Crippen molar-refractivity contribution in [3.63, 3.8) is 0 Å². The smallest absolute Gasteiger partial charge is 0.338 e. The highest BCUT2D eigenvalue weighted by Crippen LogP contribution is 2.21. The summed E-state index contributed by atoms with van der Waals surface area (Å²) in [5.41, 5.74) is 2.26. The molecule has 0 saturated carbocycles. The molecule has 0 fully saturated rings. The second kappa shape index (κ2) is 7.53. The fourth-order valence-corrected chi connectivity index (χ4v) is 2.36. The van der Waals surface area contributed by atoms with Gasteiger partial charge in [0.25, 0.3) is 0 Å². The molecule has 0 aliphatic rings. The molecule has 0 unspecified atom stereocenters. The van der Waals surface area contributed by atoms with Gasteiger partial charge in [-0.05, 0) is 26.0 Å². The van der Waals surface area contributed by atoms with E-state index in [1.807, 2.05) is 43.3 Å². The Hall–Kier alpha value is -3.28. The van der Waals surface area contributed by atoms with Gasteiger partial charge in [0.05, 0.1) is 17.9 Å². The van der Waals surface area contributed by atoms with E-state index in [1.54, 1.807) is 25.3 Å². The van der Waals surface area contributed by atoms with E-state index in [0.717, 1.165) is 11.3 Å². The van der Waals surface area contributed by atoms with E-state index in [0.29, 0.717) is 29.6 Å². The van der Waals surface area contributed by atoms with Crippen molar-refractivity contribution in [3.05, 3.63) is 66.1 Å². The average Bonchev–Trinajstić information content (AvgIpc) is 2.62. The van der Waals surface area contributed by atoms with E-state index in [9.17, 15) is 4.79 Å². The van der Waals surface area contributed by atoms with Crippen LogP contribution >= 0.6 is 0 Å². The van der Waals surface area contributed by atoms with Gasteiger partial charge in [-0.3, -0.25) is 0 Å². The Kier molecular flexibility index (Phi) is 4.99. The van der Waals surface area contributed by atoms with Crippen molar-refractivity contribution in [2.75, 3.05) is 11.9 Å². The minimum atomic E-state index is -0.378. The third-order valence-corrected chi connectivity index (χ3v) is 3.43. The number of carbonyl (C=O) groups excluding carboxylic acids is 1. The molecule has 6 nitrogen and oxygen atoms in total. The summed E-state index contributed by atoms with van der Waals surface area (Å²) in [6.45, 7) is 3.93. The SMILES string of the molecule is CCOC(=O)c1ccnc(Nc2cc(-c3ccccc3)nc(C)n2)c1. The first-order chi connectivity index (χ1) is 12.2. The van der Waals surface area contributed by atoms with Crippen LogP contribution in [-0.2, 0) is 4.74 Å². The van der Waals surface area contributed by atoms with Gasteiger partial charge < -0.3 is 10.1 Å². The fraction of sp³-hybridized carbons (Fsp3) is 0.158. The molecule has 2 aromatic heterocycles. The number of nitrogens with one attached hydrogen (secondary N) is 1. The molecule has 126 valence electrons. The van der Waals surface area contributed by atoms with Crippen LogP contribution in [0.5, 0.6) is 0 Å². The Morgan fingerprint density at radius 3 is 2.64 bits per heavy atom. The molecule has 3 aromatic rings. The summed E-state index contributed by atoms with van der Waals surface area (Å²) in [4.78, 5) is 24.9. The Morgan fingerprint density at radius 2 is 1.88 bits per heavy atom. The Bertz CT molecular complexity index is 882. The van der Waals surface area contributed by atoms with Crippen molar-refractivity contribution in [1.82, 2.24) is 15.0 Å². The molecular formula is C19H18N4O2. The average molecular weight is 334 g/mol. The van der Waals surface area contributed by atoms with Crippen molar-refractivity contribution in [2.24, 2.45) is 0 Å². The zero-order chi connectivity index (χ0) is 17.6. The van der Waals surface area contributed by atoms with Gasteiger partial charge in [0.2, 0.25) is 0 Å². The van der Waals surface area contributed by atoms with Crippen molar-refractivity contribution in [1.29, 1.82) is 0 Å². The molecule has 1 N–H and O–H groups in total. The second-order valence-corrected chi connectivity index (χ2v) is 5.33. The largest absolute Gasteiger partial charge is 0.462 e. The summed E-state index contributed by atoms with van der Waals surface area (Å²) in [5.74, 6) is 1.39. The number of hydrogen-bond acceptors (Lipinski definition) is 6. The molecule has 0 spiro atoms. The van der Waals surface area contributed by atoms with Gasteiger partial charge in [-0.2, -0.15) is 0 Å². The topological polar surface area (TPSA) is 77.0 Å². The van der Waals surface area contributed by atoms with E-state index in [1.165, 1.54) is 0 Å². The van der Waals surface area contributed by atoms with Crippen LogP contribution in [0.25, 0.3) is 11.3 Å². The maximum atomic E-state index is 11.8. The summed E-state index contributed by atoms with van der Waals surface area (Å²) in [7, 11) is 0. The standard InChI is InChI=1S/C19H18N4O2/c1-3-25-19(24)15-9-10-20-17(11-15)23-18-12-16(21-13(2)22-18)14-7-5-4-6-8-14/h4-12H,3H2,1-2H3,(H,20,21,22,23). The molecular weight excluding hydrogens is 316 g/mol. The number of aromatic nitrogens is 3. The minimum absolute atomic E-state index is 0.329.